The SMILES string of the molecule is COC[C@@H](N=C1c2ccccc2CC[C@@H]1N(NC(=O)OC(C)(C)C)C(=O)OC(C)(C)C)C(C)(C)C. The Hall–Kier alpha value is -2.61. The summed E-state index contributed by atoms with van der Waals surface area (Å²) in [6, 6.07) is 7.32. The van der Waals surface area contributed by atoms with Gasteiger partial charge in [0.15, 0.2) is 0 Å². The lowest BCUT2D eigenvalue weighted by Crippen LogP contribution is -2.58. The molecule has 1 aliphatic rings. The number of aryl methyl sites for hydroxylation is 1. The molecule has 196 valence electrons. The van der Waals surface area contributed by atoms with E-state index in [-0.39, 0.29) is 11.5 Å². The number of rotatable bonds is 4. The number of hydrogen-bond donors (Lipinski definition) is 1. The lowest BCUT2D eigenvalue weighted by atomic mass is 9.84. The van der Waals surface area contributed by atoms with Crippen LogP contribution >= 0.6 is 0 Å². The third-order valence-electron chi connectivity index (χ3n) is 5.43. The highest BCUT2D eigenvalue weighted by atomic mass is 16.6. The van der Waals surface area contributed by atoms with Gasteiger partial charge in [0.2, 0.25) is 0 Å². The molecule has 0 saturated heterocycles. The number of methoxy groups -OCH3 is 1. The standard InChI is InChI=1S/C27H43N3O5/c1-25(2,3)21(17-33-10)28-22-19-14-12-11-13-18(19)15-16-20(22)30(24(32)35-27(7,8)9)29-23(31)34-26(4,5)6/h11-14,20-21H,15-17H2,1-10H3,(H,29,31)/t20-,21+/m0/s1. The second-order valence-corrected chi connectivity index (χ2v) is 12.0. The first kappa shape index (κ1) is 28.6. The van der Waals surface area contributed by atoms with Gasteiger partial charge in [-0.25, -0.2) is 20.0 Å². The van der Waals surface area contributed by atoms with E-state index in [4.69, 9.17) is 19.2 Å². The first-order valence-electron chi connectivity index (χ1n) is 12.2. The summed E-state index contributed by atoms with van der Waals surface area (Å²) < 4.78 is 16.6. The summed E-state index contributed by atoms with van der Waals surface area (Å²) in [5.41, 5.74) is 3.81. The number of nitrogens with zero attached hydrogens (tertiary/aromatic N) is 2. The van der Waals surface area contributed by atoms with Crippen molar-refractivity contribution in [3.63, 3.8) is 0 Å². The predicted molar refractivity (Wildman–Crippen MR) is 138 cm³/mol. The molecule has 8 heteroatoms. The summed E-state index contributed by atoms with van der Waals surface area (Å²) in [4.78, 5) is 31.3. The molecule has 0 fully saturated rings. The van der Waals surface area contributed by atoms with Crippen LogP contribution in [0.25, 0.3) is 0 Å². The van der Waals surface area contributed by atoms with E-state index in [1.165, 1.54) is 5.01 Å². The summed E-state index contributed by atoms with van der Waals surface area (Å²) in [6.45, 7) is 17.4. The molecule has 2 amide bonds. The van der Waals surface area contributed by atoms with E-state index in [2.05, 4.69) is 32.3 Å². The molecular weight excluding hydrogens is 446 g/mol. The number of hydrogen-bond acceptors (Lipinski definition) is 6. The molecule has 0 aliphatic heterocycles. The van der Waals surface area contributed by atoms with Gasteiger partial charge in [-0.05, 0) is 65.4 Å². The minimum absolute atomic E-state index is 0.168. The van der Waals surface area contributed by atoms with E-state index >= 15 is 0 Å². The third kappa shape index (κ3) is 8.53. The van der Waals surface area contributed by atoms with Crippen LogP contribution in [0.1, 0.15) is 79.9 Å². The molecular formula is C27H43N3O5. The Labute approximate surface area is 210 Å². The van der Waals surface area contributed by atoms with E-state index < -0.39 is 29.4 Å². The molecule has 1 aromatic rings. The Morgan fingerprint density at radius 3 is 2.17 bits per heavy atom. The third-order valence-corrected chi connectivity index (χ3v) is 5.43. The van der Waals surface area contributed by atoms with Gasteiger partial charge in [0.05, 0.1) is 24.4 Å². The molecule has 8 nitrogen and oxygen atoms in total. The Kier molecular flexibility index (Phi) is 8.98. The van der Waals surface area contributed by atoms with Gasteiger partial charge in [-0.3, -0.25) is 4.99 Å². The molecule has 2 rings (SSSR count). The Balaban J connectivity index is 2.60. The van der Waals surface area contributed by atoms with Crippen LogP contribution in [0.2, 0.25) is 0 Å². The summed E-state index contributed by atoms with van der Waals surface area (Å²) in [5, 5.41) is 1.24. The molecule has 1 N–H and O–H groups in total. The molecule has 0 bridgehead atoms. The van der Waals surface area contributed by atoms with Crippen molar-refractivity contribution in [3.05, 3.63) is 35.4 Å². The highest BCUT2D eigenvalue weighted by Gasteiger charge is 2.38. The average molecular weight is 490 g/mol. The van der Waals surface area contributed by atoms with E-state index in [0.29, 0.717) is 18.7 Å². The van der Waals surface area contributed by atoms with Crippen molar-refractivity contribution in [2.75, 3.05) is 13.7 Å². The fraction of sp³-hybridized carbons (Fsp3) is 0.667. The molecule has 0 heterocycles. The van der Waals surface area contributed by atoms with Gasteiger partial charge in [0, 0.05) is 12.7 Å². The van der Waals surface area contributed by atoms with Crippen molar-refractivity contribution in [1.82, 2.24) is 10.4 Å². The van der Waals surface area contributed by atoms with E-state index in [0.717, 1.165) is 17.5 Å². The fourth-order valence-electron chi connectivity index (χ4n) is 3.77. The molecule has 0 radical (unpaired) electrons. The maximum atomic E-state index is 13.4. The molecule has 0 spiro atoms. The first-order valence-corrected chi connectivity index (χ1v) is 12.2. The van der Waals surface area contributed by atoms with E-state index in [1.807, 2.05) is 18.2 Å². The van der Waals surface area contributed by atoms with Crippen LogP contribution in [-0.2, 0) is 20.6 Å². The number of fused-ring (bicyclic) bond motifs is 1. The molecule has 1 aliphatic carbocycles. The Morgan fingerprint density at radius 1 is 1.03 bits per heavy atom. The van der Waals surface area contributed by atoms with Crippen LogP contribution in [0.3, 0.4) is 0 Å². The van der Waals surface area contributed by atoms with Crippen molar-refractivity contribution in [1.29, 1.82) is 0 Å². The fourth-order valence-corrected chi connectivity index (χ4v) is 3.77. The van der Waals surface area contributed by atoms with E-state index in [9.17, 15) is 9.59 Å². The van der Waals surface area contributed by atoms with Gasteiger partial charge in [0.1, 0.15) is 11.2 Å². The Bertz CT molecular complexity index is 922. The van der Waals surface area contributed by atoms with Crippen molar-refractivity contribution in [2.24, 2.45) is 10.4 Å². The van der Waals surface area contributed by atoms with Crippen LogP contribution in [0.15, 0.2) is 29.3 Å². The van der Waals surface area contributed by atoms with Crippen molar-refractivity contribution < 1.29 is 23.8 Å². The minimum Gasteiger partial charge on any atom is -0.443 e. The van der Waals surface area contributed by atoms with Crippen LogP contribution in [0.5, 0.6) is 0 Å². The second kappa shape index (κ2) is 11.0. The lowest BCUT2D eigenvalue weighted by molar-refractivity contribution is -0.00408. The van der Waals surface area contributed by atoms with Crippen molar-refractivity contribution in [3.8, 4) is 0 Å². The number of nitrogens with one attached hydrogen (secondary N) is 1. The maximum absolute atomic E-state index is 13.4. The van der Waals surface area contributed by atoms with Gasteiger partial charge in [-0.1, -0.05) is 45.0 Å². The highest BCUT2D eigenvalue weighted by Crippen LogP contribution is 2.30. The van der Waals surface area contributed by atoms with E-state index in [1.54, 1.807) is 48.7 Å². The van der Waals surface area contributed by atoms with Gasteiger partial charge < -0.3 is 14.2 Å². The number of ether oxygens (including phenoxy) is 3. The lowest BCUT2D eigenvalue weighted by Gasteiger charge is -2.38. The molecule has 0 aromatic heterocycles. The summed E-state index contributed by atoms with van der Waals surface area (Å²) in [7, 11) is 1.66. The highest BCUT2D eigenvalue weighted by molar-refractivity contribution is 6.07. The number of amides is 2. The van der Waals surface area contributed by atoms with Gasteiger partial charge >= 0.3 is 12.2 Å². The van der Waals surface area contributed by atoms with Gasteiger partial charge in [0.25, 0.3) is 0 Å². The quantitative estimate of drug-likeness (QED) is 0.562. The normalized spacial score (nSPS) is 18.5. The average Bonchev–Trinajstić information content (AvgIpc) is 2.68. The van der Waals surface area contributed by atoms with Gasteiger partial charge in [-0.15, -0.1) is 0 Å². The molecule has 35 heavy (non-hydrogen) atoms. The topological polar surface area (TPSA) is 89.5 Å². The summed E-state index contributed by atoms with van der Waals surface area (Å²) in [6.07, 6.45) is -0.112. The van der Waals surface area contributed by atoms with Crippen molar-refractivity contribution in [2.45, 2.75) is 98.4 Å². The largest absolute Gasteiger partial charge is 0.443 e. The number of aliphatic imine (C=N–C) groups is 1. The van der Waals surface area contributed by atoms with Crippen LogP contribution in [-0.4, -0.2) is 59.9 Å². The zero-order valence-corrected chi connectivity index (χ0v) is 23.0. The molecule has 2 atom stereocenters. The van der Waals surface area contributed by atoms with Crippen LogP contribution < -0.4 is 5.43 Å². The predicted octanol–water partition coefficient (Wildman–Crippen LogP) is 5.53. The van der Waals surface area contributed by atoms with Crippen LogP contribution in [0, 0.1) is 5.41 Å². The second-order valence-electron chi connectivity index (χ2n) is 12.0. The zero-order valence-electron chi connectivity index (χ0n) is 23.0. The number of carbonyl (C=O) groups excluding carboxylic acids is 2. The molecule has 0 unspecified atom stereocenters. The molecule has 1 aromatic carbocycles. The Morgan fingerprint density at radius 2 is 1.63 bits per heavy atom. The molecule has 0 saturated carbocycles. The van der Waals surface area contributed by atoms with Gasteiger partial charge in [-0.2, -0.15) is 0 Å². The summed E-state index contributed by atoms with van der Waals surface area (Å²) >= 11 is 0. The zero-order chi connectivity index (χ0) is 26.6. The maximum Gasteiger partial charge on any atom is 0.429 e. The number of benzene rings is 1. The van der Waals surface area contributed by atoms with Crippen molar-refractivity contribution >= 4 is 17.9 Å². The number of hydrazine groups is 1. The minimum atomic E-state index is -0.751. The monoisotopic (exact) mass is 489 g/mol. The smallest absolute Gasteiger partial charge is 0.429 e. The first-order chi connectivity index (χ1) is 16.0. The number of carbonyl (C=O) groups is 2. The summed E-state index contributed by atoms with van der Waals surface area (Å²) in [5.74, 6) is 0. The van der Waals surface area contributed by atoms with Crippen LogP contribution in [0.4, 0.5) is 9.59 Å².